The van der Waals surface area contributed by atoms with E-state index in [2.05, 4.69) is 21.2 Å². The molecule has 1 aliphatic rings. The minimum absolute atomic E-state index is 0. The van der Waals surface area contributed by atoms with Gasteiger partial charge in [0.25, 0.3) is 6.43 Å². The topological polar surface area (TPSA) is 33.7 Å². The van der Waals surface area contributed by atoms with E-state index >= 15 is 0 Å². The van der Waals surface area contributed by atoms with Gasteiger partial charge in [0.15, 0.2) is 0 Å². The Morgan fingerprint density at radius 1 is 1.09 bits per heavy atom. The predicted molar refractivity (Wildman–Crippen MR) is 94.9 cm³/mol. The molecule has 0 bridgehead atoms. The summed E-state index contributed by atoms with van der Waals surface area (Å²) < 4.78 is 38.5. The molecule has 1 fully saturated rings. The van der Waals surface area contributed by atoms with Crippen molar-refractivity contribution in [3.8, 4) is 11.5 Å². The molecule has 0 spiro atoms. The lowest BCUT2D eigenvalue weighted by Gasteiger charge is -2.35. The van der Waals surface area contributed by atoms with Crippen molar-refractivity contribution in [1.29, 1.82) is 0 Å². The fraction of sp³-hybridized carbons (Fsp3) is 0.571. The Morgan fingerprint density at radius 3 is 2.13 bits per heavy atom. The van der Waals surface area contributed by atoms with E-state index in [4.69, 9.17) is 9.47 Å². The van der Waals surface area contributed by atoms with Crippen molar-refractivity contribution >= 4 is 40.7 Å². The number of nitrogens with zero attached hydrogens (tertiary/aromatic N) is 1. The molecule has 23 heavy (non-hydrogen) atoms. The molecule has 0 unspecified atom stereocenters. The molecule has 0 saturated carbocycles. The van der Waals surface area contributed by atoms with Crippen LogP contribution in [0.25, 0.3) is 0 Å². The van der Waals surface area contributed by atoms with Crippen molar-refractivity contribution in [2.45, 2.75) is 12.5 Å². The van der Waals surface area contributed by atoms with Crippen LogP contribution >= 0.6 is 40.7 Å². The van der Waals surface area contributed by atoms with Crippen LogP contribution in [0.1, 0.15) is 11.6 Å². The van der Waals surface area contributed by atoms with Gasteiger partial charge in [0.2, 0.25) is 0 Å². The first-order chi connectivity index (χ1) is 10.1. The molecule has 0 aromatic heterocycles. The molecule has 4 nitrogen and oxygen atoms in total. The molecule has 1 aromatic rings. The standard InChI is InChI=1S/C14H19BrF2N2O2.2ClH/c1-20-11-8-10(15)12(21-2)7-9(11)13(14(16)17)19-5-3-18-4-6-19;;/h7-8,13-14,18H,3-6H2,1-2H3;2*1H/t13-;;/m1../s1. The minimum Gasteiger partial charge on any atom is -0.496 e. The van der Waals surface area contributed by atoms with E-state index in [1.807, 2.05) is 0 Å². The van der Waals surface area contributed by atoms with E-state index in [0.717, 1.165) is 0 Å². The van der Waals surface area contributed by atoms with Crippen molar-refractivity contribution in [3.05, 3.63) is 22.2 Å². The van der Waals surface area contributed by atoms with Gasteiger partial charge in [-0.2, -0.15) is 0 Å². The first kappa shape index (κ1) is 22.7. The highest BCUT2D eigenvalue weighted by Gasteiger charge is 2.33. The average molecular weight is 438 g/mol. The van der Waals surface area contributed by atoms with E-state index in [0.29, 0.717) is 47.7 Å². The van der Waals surface area contributed by atoms with Gasteiger partial charge < -0.3 is 14.8 Å². The predicted octanol–water partition coefficient (Wildman–Crippen LogP) is 3.52. The molecule has 0 aliphatic carbocycles. The zero-order chi connectivity index (χ0) is 15.4. The monoisotopic (exact) mass is 436 g/mol. The van der Waals surface area contributed by atoms with Crippen LogP contribution in [0.3, 0.4) is 0 Å². The Hall–Kier alpha value is -0.340. The lowest BCUT2D eigenvalue weighted by atomic mass is 10.0. The van der Waals surface area contributed by atoms with Gasteiger partial charge in [-0.3, -0.25) is 4.90 Å². The molecule has 9 heteroatoms. The summed E-state index contributed by atoms with van der Waals surface area (Å²) in [5.41, 5.74) is 0.453. The van der Waals surface area contributed by atoms with Crippen LogP contribution in [0.2, 0.25) is 0 Å². The second-order valence-electron chi connectivity index (χ2n) is 4.79. The maximum Gasteiger partial charge on any atom is 0.258 e. The lowest BCUT2D eigenvalue weighted by molar-refractivity contribution is 0.0169. The van der Waals surface area contributed by atoms with Gasteiger partial charge in [0.1, 0.15) is 17.5 Å². The number of ether oxygens (including phenoxy) is 2. The summed E-state index contributed by atoms with van der Waals surface area (Å²) in [6.45, 7) is 2.57. The molecule has 0 amide bonds. The van der Waals surface area contributed by atoms with Crippen LogP contribution < -0.4 is 14.8 Å². The Morgan fingerprint density at radius 2 is 1.65 bits per heavy atom. The average Bonchev–Trinajstić information content (AvgIpc) is 2.49. The summed E-state index contributed by atoms with van der Waals surface area (Å²) in [4.78, 5) is 1.78. The number of hydrogen-bond donors (Lipinski definition) is 1. The van der Waals surface area contributed by atoms with Crippen LogP contribution in [0.4, 0.5) is 8.78 Å². The molecule has 0 radical (unpaired) electrons. The van der Waals surface area contributed by atoms with Gasteiger partial charge in [-0.15, -0.1) is 24.8 Å². The number of piperazine rings is 1. The SMILES string of the molecule is COc1cc([C@H](C(F)F)N2CCNCC2)c(OC)cc1Br.Cl.Cl. The van der Waals surface area contributed by atoms with Gasteiger partial charge in [-0.25, -0.2) is 8.78 Å². The van der Waals surface area contributed by atoms with Gasteiger partial charge in [0.05, 0.1) is 18.7 Å². The van der Waals surface area contributed by atoms with Crippen molar-refractivity contribution < 1.29 is 18.3 Å². The highest BCUT2D eigenvalue weighted by atomic mass is 79.9. The highest BCUT2D eigenvalue weighted by molar-refractivity contribution is 9.10. The van der Waals surface area contributed by atoms with E-state index in [1.54, 1.807) is 17.0 Å². The molecular weight excluding hydrogens is 417 g/mol. The summed E-state index contributed by atoms with van der Waals surface area (Å²) >= 11 is 3.35. The van der Waals surface area contributed by atoms with Crippen LogP contribution in [0.5, 0.6) is 11.5 Å². The van der Waals surface area contributed by atoms with Crippen molar-refractivity contribution in [2.24, 2.45) is 0 Å². The second-order valence-corrected chi connectivity index (χ2v) is 5.65. The maximum absolute atomic E-state index is 13.7. The molecule has 2 rings (SSSR count). The van der Waals surface area contributed by atoms with Crippen molar-refractivity contribution in [3.63, 3.8) is 0 Å². The summed E-state index contributed by atoms with van der Waals surface area (Å²) in [5, 5.41) is 3.17. The molecule has 1 atom stereocenters. The van der Waals surface area contributed by atoms with Crippen molar-refractivity contribution in [2.75, 3.05) is 40.4 Å². The minimum atomic E-state index is -2.50. The van der Waals surface area contributed by atoms with Crippen LogP contribution in [0.15, 0.2) is 16.6 Å². The third-order valence-corrected chi connectivity index (χ3v) is 4.23. The fourth-order valence-electron chi connectivity index (χ4n) is 2.57. The van der Waals surface area contributed by atoms with E-state index < -0.39 is 12.5 Å². The third-order valence-electron chi connectivity index (χ3n) is 3.61. The number of nitrogens with one attached hydrogen (secondary N) is 1. The number of hydrogen-bond acceptors (Lipinski definition) is 4. The molecular formula is C14H21BrCl2F2N2O2. The van der Waals surface area contributed by atoms with Crippen LogP contribution in [-0.4, -0.2) is 51.7 Å². The third kappa shape index (κ3) is 5.32. The first-order valence-corrected chi connectivity index (χ1v) is 7.52. The number of benzene rings is 1. The van der Waals surface area contributed by atoms with Gasteiger partial charge >= 0.3 is 0 Å². The molecule has 1 N–H and O–H groups in total. The fourth-order valence-corrected chi connectivity index (χ4v) is 3.05. The Balaban J connectivity index is 0.00000242. The Labute approximate surface area is 155 Å². The number of rotatable bonds is 5. The molecule has 1 aliphatic heterocycles. The highest BCUT2D eigenvalue weighted by Crippen LogP contribution is 2.40. The smallest absolute Gasteiger partial charge is 0.258 e. The quantitative estimate of drug-likeness (QED) is 0.764. The van der Waals surface area contributed by atoms with Crippen LogP contribution in [0, 0.1) is 0 Å². The first-order valence-electron chi connectivity index (χ1n) is 6.72. The Kier molecular flexibility index (Phi) is 10.4. The Bertz CT molecular complexity index is 492. The zero-order valence-electron chi connectivity index (χ0n) is 12.9. The summed E-state index contributed by atoms with van der Waals surface area (Å²) in [5.74, 6) is 0.957. The zero-order valence-corrected chi connectivity index (χ0v) is 16.1. The largest absolute Gasteiger partial charge is 0.496 e. The van der Waals surface area contributed by atoms with E-state index in [1.165, 1.54) is 14.2 Å². The molecule has 1 aromatic carbocycles. The normalized spacial score (nSPS) is 16.3. The van der Waals surface area contributed by atoms with Crippen molar-refractivity contribution in [1.82, 2.24) is 10.2 Å². The van der Waals surface area contributed by atoms with Crippen LogP contribution in [-0.2, 0) is 0 Å². The summed E-state index contributed by atoms with van der Waals surface area (Å²) in [6.07, 6.45) is -2.50. The summed E-state index contributed by atoms with van der Waals surface area (Å²) in [6, 6.07) is 2.30. The number of methoxy groups -OCH3 is 2. The van der Waals surface area contributed by atoms with Gasteiger partial charge in [-0.05, 0) is 28.1 Å². The molecule has 134 valence electrons. The number of halogens is 5. The second kappa shape index (κ2) is 10.5. The summed E-state index contributed by atoms with van der Waals surface area (Å²) in [7, 11) is 3.00. The molecule has 1 saturated heterocycles. The molecule has 1 heterocycles. The maximum atomic E-state index is 13.7. The van der Waals surface area contributed by atoms with Gasteiger partial charge in [0, 0.05) is 31.7 Å². The van der Waals surface area contributed by atoms with Gasteiger partial charge in [-0.1, -0.05) is 0 Å². The van der Waals surface area contributed by atoms with E-state index in [9.17, 15) is 8.78 Å². The van der Waals surface area contributed by atoms with E-state index in [-0.39, 0.29) is 24.8 Å². The number of alkyl halides is 2. The lowest BCUT2D eigenvalue weighted by Crippen LogP contribution is -2.47.